The molecule has 4 aromatic rings. The Hall–Kier alpha value is -7.16. The van der Waals surface area contributed by atoms with E-state index in [1.54, 1.807) is 0 Å². The number of unbranched alkanes of at least 4 members (excludes halogenated alkanes) is 2. The molecule has 4 rings (SSSR count). The van der Waals surface area contributed by atoms with Gasteiger partial charge in [0.05, 0.1) is 24.4 Å². The number of esters is 2. The number of hydrogen-bond donors (Lipinski definition) is 16. The van der Waals surface area contributed by atoms with E-state index >= 15 is 0 Å². The first kappa shape index (κ1) is 61.4. The van der Waals surface area contributed by atoms with Crippen LogP contribution in [-0.4, -0.2) is 148 Å². The lowest BCUT2D eigenvalue weighted by Gasteiger charge is -2.31. The van der Waals surface area contributed by atoms with Crippen molar-refractivity contribution in [1.29, 1.82) is 0 Å². The second kappa shape index (κ2) is 29.8. The largest absolute Gasteiger partial charge is 0.504 e. The van der Waals surface area contributed by atoms with Crippen LogP contribution in [0.15, 0.2) is 84.9 Å². The smallest absolute Gasteiger partial charge is 0.332 e. The summed E-state index contributed by atoms with van der Waals surface area (Å²) in [6.07, 6.45) is -1.58. The molecule has 20 N–H and O–H groups in total. The van der Waals surface area contributed by atoms with Gasteiger partial charge < -0.3 is 101 Å². The molecular weight excluding hydrogens is 1000 g/mol. The zero-order valence-electron chi connectivity index (χ0n) is 41.8. The maximum atomic E-state index is 13.3. The van der Waals surface area contributed by atoms with Crippen molar-refractivity contribution in [2.24, 2.45) is 22.9 Å². The van der Waals surface area contributed by atoms with Crippen molar-refractivity contribution in [3.8, 4) is 69.0 Å². The number of phenols is 8. The lowest BCUT2D eigenvalue weighted by Crippen LogP contribution is -2.48. The molecule has 0 radical (unpaired) electrons. The minimum Gasteiger partial charge on any atom is -0.504 e. The van der Waals surface area contributed by atoms with Crippen molar-refractivity contribution < 1.29 is 99.3 Å². The number of carbonyl (C=O) groups excluding carboxylic acids is 2. The maximum absolute atomic E-state index is 13.3. The van der Waals surface area contributed by atoms with Gasteiger partial charge in [-0.3, -0.25) is 11.5 Å². The Labute approximate surface area is 438 Å². The first-order valence-corrected chi connectivity index (χ1v) is 24.4. The van der Waals surface area contributed by atoms with Crippen LogP contribution in [0.4, 0.5) is 0 Å². The molecule has 0 amide bonds. The molecule has 420 valence electrons. The molecule has 24 heteroatoms. The van der Waals surface area contributed by atoms with E-state index in [2.05, 4.69) is 0 Å². The summed E-state index contributed by atoms with van der Waals surface area (Å²) < 4.78 is 33.3. The molecular formula is C52H72N4O20. The van der Waals surface area contributed by atoms with Crippen LogP contribution < -0.4 is 41.9 Å². The Morgan fingerprint density at radius 1 is 0.434 bits per heavy atom. The number of aromatic hydroxyl groups is 8. The molecule has 76 heavy (non-hydrogen) atoms. The van der Waals surface area contributed by atoms with Gasteiger partial charge in [-0.1, -0.05) is 12.8 Å². The van der Waals surface area contributed by atoms with Crippen molar-refractivity contribution in [3.05, 3.63) is 84.9 Å². The summed E-state index contributed by atoms with van der Waals surface area (Å²) in [6.45, 7) is -1.08. The first-order chi connectivity index (χ1) is 35.9. The van der Waals surface area contributed by atoms with E-state index in [-0.39, 0.29) is 111 Å². The molecule has 0 heterocycles. The molecule has 0 aromatic heterocycles. The molecule has 0 aliphatic rings. The topological polar surface area (TPSA) is 436 Å². The number of benzene rings is 4. The van der Waals surface area contributed by atoms with Crippen LogP contribution in [0.1, 0.15) is 77.0 Å². The molecule has 0 spiro atoms. The van der Waals surface area contributed by atoms with Crippen LogP contribution in [0.25, 0.3) is 0 Å². The van der Waals surface area contributed by atoms with Crippen LogP contribution in [-0.2, 0) is 19.1 Å². The highest BCUT2D eigenvalue weighted by Gasteiger charge is 2.34. The zero-order chi connectivity index (χ0) is 56.0. The van der Waals surface area contributed by atoms with E-state index in [4.69, 9.17) is 51.4 Å². The van der Waals surface area contributed by atoms with Crippen molar-refractivity contribution in [3.63, 3.8) is 0 Å². The lowest BCUT2D eigenvalue weighted by atomic mass is 9.96. The summed E-state index contributed by atoms with van der Waals surface area (Å²) >= 11 is 0. The van der Waals surface area contributed by atoms with Gasteiger partial charge >= 0.3 is 11.9 Å². The van der Waals surface area contributed by atoms with Gasteiger partial charge in [-0.15, -0.1) is 0 Å². The van der Waals surface area contributed by atoms with Crippen LogP contribution in [0.2, 0.25) is 0 Å². The SMILES string of the molecule is NC(CCCCC(N)(CC(O)COc1ccc(O)c(O)c1)OC(=O)/C=C/C(=O)OC(N)(CCCCC(N)CC(O)COc1ccc(O)c(O)c1)CC(O)COc1ccc(O)c(O)c1)CC(O)COc1ccc(O)c(O)c1. The Kier molecular flexibility index (Phi) is 24.1. The Balaban J connectivity index is 1.36. The van der Waals surface area contributed by atoms with Crippen molar-refractivity contribution in [2.45, 2.75) is 125 Å². The number of hydrogen-bond acceptors (Lipinski definition) is 24. The number of aliphatic hydroxyl groups is 4. The Morgan fingerprint density at radius 2 is 0.711 bits per heavy atom. The molecule has 0 saturated carbocycles. The zero-order valence-corrected chi connectivity index (χ0v) is 41.8. The van der Waals surface area contributed by atoms with Gasteiger partial charge in [0.25, 0.3) is 0 Å². The third-order valence-electron chi connectivity index (χ3n) is 11.7. The van der Waals surface area contributed by atoms with Gasteiger partial charge in [0.1, 0.15) is 49.4 Å². The van der Waals surface area contributed by atoms with Gasteiger partial charge in [-0.05, 0) is 87.1 Å². The van der Waals surface area contributed by atoms with E-state index in [0.29, 0.717) is 38.5 Å². The predicted molar refractivity (Wildman–Crippen MR) is 272 cm³/mol. The van der Waals surface area contributed by atoms with E-state index in [9.17, 15) is 70.9 Å². The lowest BCUT2D eigenvalue weighted by molar-refractivity contribution is -0.161. The Morgan fingerprint density at radius 3 is 0.987 bits per heavy atom. The molecule has 8 unspecified atom stereocenters. The quantitative estimate of drug-likeness (QED) is 0.0105. The van der Waals surface area contributed by atoms with Gasteiger partial charge in [0.15, 0.2) is 57.4 Å². The van der Waals surface area contributed by atoms with Gasteiger partial charge in [-0.25, -0.2) is 9.59 Å². The monoisotopic (exact) mass is 1070 g/mol. The second-order valence-electron chi connectivity index (χ2n) is 18.7. The highest BCUT2D eigenvalue weighted by atomic mass is 16.6. The number of rotatable bonds is 34. The molecule has 4 aromatic carbocycles. The molecule has 0 fully saturated rings. The van der Waals surface area contributed by atoms with E-state index in [0.717, 1.165) is 24.3 Å². The third-order valence-corrected chi connectivity index (χ3v) is 11.7. The first-order valence-electron chi connectivity index (χ1n) is 24.4. The highest BCUT2D eigenvalue weighted by molar-refractivity contribution is 5.92. The van der Waals surface area contributed by atoms with E-state index in [1.165, 1.54) is 60.7 Å². The molecule has 0 aliphatic heterocycles. The molecule has 0 bridgehead atoms. The maximum Gasteiger partial charge on any atom is 0.332 e. The second-order valence-corrected chi connectivity index (χ2v) is 18.7. The summed E-state index contributed by atoms with van der Waals surface area (Å²) in [5, 5.41) is 120. The van der Waals surface area contributed by atoms with Crippen LogP contribution in [0.3, 0.4) is 0 Å². The fourth-order valence-electron chi connectivity index (χ4n) is 7.78. The van der Waals surface area contributed by atoms with E-state index < -0.39 is 82.9 Å². The number of ether oxygens (including phenoxy) is 6. The number of nitrogens with two attached hydrogens (primary N) is 4. The molecule has 24 nitrogen and oxygen atoms in total. The summed E-state index contributed by atoms with van der Waals surface area (Å²) in [6, 6.07) is 14.0. The molecule has 0 aliphatic carbocycles. The van der Waals surface area contributed by atoms with Gasteiger partial charge in [-0.2, -0.15) is 0 Å². The average Bonchev–Trinajstić information content (AvgIpc) is 3.35. The van der Waals surface area contributed by atoms with Crippen LogP contribution in [0.5, 0.6) is 69.0 Å². The predicted octanol–water partition coefficient (Wildman–Crippen LogP) is 2.68. The highest BCUT2D eigenvalue weighted by Crippen LogP contribution is 2.33. The minimum absolute atomic E-state index is 0.0337. The average molecular weight is 1070 g/mol. The van der Waals surface area contributed by atoms with Crippen LogP contribution in [0, 0.1) is 0 Å². The van der Waals surface area contributed by atoms with Crippen molar-refractivity contribution >= 4 is 11.9 Å². The normalized spacial score (nSPS) is 15.5. The number of carbonyl (C=O) groups is 2. The minimum atomic E-state index is -1.87. The Bertz CT molecular complexity index is 2320. The summed E-state index contributed by atoms with van der Waals surface area (Å²) in [7, 11) is 0. The standard InChI is InChI=1S/C52H72N4O20/c53-31(19-33(57)27-71-37-7-11-41(61)45(65)21-37)5-1-3-17-51(55,25-35(59)29-73-39-9-13-43(63)47(67)23-39)75-49(69)15-16-50(70)76-52(56,26-36(60)30-74-40-10-14-44(64)48(68)24-40)18-4-2-6-32(54)20-34(58)28-72-38-8-12-42(62)46(66)22-38/h7-16,21-24,31-36,57-68H,1-6,17-20,25-30,53-56H2/b16-15+. The van der Waals surface area contributed by atoms with E-state index in [1.807, 2.05) is 0 Å². The molecule has 8 atom stereocenters. The fourth-order valence-corrected chi connectivity index (χ4v) is 7.78. The number of aliphatic hydroxyl groups excluding tert-OH is 4. The number of phenolic OH excluding ortho intramolecular Hbond substituents is 8. The molecule has 0 saturated heterocycles. The van der Waals surface area contributed by atoms with Crippen molar-refractivity contribution in [2.75, 3.05) is 26.4 Å². The summed E-state index contributed by atoms with van der Waals surface area (Å²) in [5.41, 5.74) is 22.0. The third kappa shape index (κ3) is 22.4. The fraction of sp³-hybridized carbons (Fsp3) is 0.462. The summed E-state index contributed by atoms with van der Waals surface area (Å²) in [5.74, 6) is -4.74. The van der Waals surface area contributed by atoms with Gasteiger partial charge in [0, 0.05) is 74.2 Å². The summed E-state index contributed by atoms with van der Waals surface area (Å²) in [4.78, 5) is 26.7. The van der Waals surface area contributed by atoms with Crippen LogP contribution >= 0.6 is 0 Å². The van der Waals surface area contributed by atoms with Gasteiger partial charge in [0.2, 0.25) is 0 Å². The van der Waals surface area contributed by atoms with Crippen molar-refractivity contribution in [1.82, 2.24) is 0 Å².